The monoisotopic (exact) mass is 494 g/mol. The van der Waals surface area contributed by atoms with Crippen molar-refractivity contribution < 1.29 is 45.3 Å². The smallest absolute Gasteiger partial charge is 0.451 e. The second-order valence-corrected chi connectivity index (χ2v) is 8.56. The molecule has 3 rings (SSSR count). The maximum atomic E-state index is 14.5. The highest BCUT2D eigenvalue weighted by molar-refractivity contribution is 5.35. The minimum atomic E-state index is -4.04. The Morgan fingerprint density at radius 2 is 1.65 bits per heavy atom. The van der Waals surface area contributed by atoms with Gasteiger partial charge in [0.1, 0.15) is 5.75 Å². The van der Waals surface area contributed by atoms with Crippen molar-refractivity contribution in [1.82, 2.24) is 0 Å². The minimum Gasteiger partial charge on any atom is -0.453 e. The van der Waals surface area contributed by atoms with Gasteiger partial charge in [0.25, 0.3) is 6.29 Å². The molecular weight excluding hydrogens is 466 g/mol. The van der Waals surface area contributed by atoms with Gasteiger partial charge >= 0.3 is 12.2 Å². The van der Waals surface area contributed by atoms with E-state index in [0.717, 1.165) is 38.5 Å². The fourth-order valence-electron chi connectivity index (χ4n) is 4.27. The zero-order chi connectivity index (χ0) is 24.7. The summed E-state index contributed by atoms with van der Waals surface area (Å²) in [5, 5.41) is 0. The highest BCUT2D eigenvalue weighted by Gasteiger charge is 2.48. The Morgan fingerprint density at radius 1 is 1.03 bits per heavy atom. The summed E-state index contributed by atoms with van der Waals surface area (Å²) in [4.78, 5) is 0. The van der Waals surface area contributed by atoms with E-state index in [0.29, 0.717) is 24.0 Å². The Bertz CT molecular complexity index is 832. The highest BCUT2D eigenvalue weighted by atomic mass is 19.3. The molecule has 4 nitrogen and oxygen atoms in total. The molecule has 1 saturated heterocycles. The van der Waals surface area contributed by atoms with Crippen LogP contribution < -0.4 is 9.47 Å². The molecule has 1 saturated carbocycles. The van der Waals surface area contributed by atoms with Crippen LogP contribution in [0.25, 0.3) is 0 Å². The first-order chi connectivity index (χ1) is 16.2. The molecule has 1 aliphatic carbocycles. The molecule has 0 bridgehead atoms. The van der Waals surface area contributed by atoms with Crippen LogP contribution in [0.2, 0.25) is 0 Å². The van der Waals surface area contributed by atoms with E-state index < -0.39 is 41.6 Å². The Morgan fingerprint density at radius 3 is 2.21 bits per heavy atom. The van der Waals surface area contributed by atoms with E-state index in [2.05, 4.69) is 28.5 Å². The van der Waals surface area contributed by atoms with Gasteiger partial charge in [-0.1, -0.05) is 25.5 Å². The summed E-state index contributed by atoms with van der Waals surface area (Å²) >= 11 is 0. The first-order valence-corrected chi connectivity index (χ1v) is 11.3. The van der Waals surface area contributed by atoms with Crippen LogP contribution in [-0.4, -0.2) is 25.6 Å². The molecule has 0 atom stereocenters. The number of ether oxygens (including phenoxy) is 4. The Kier molecular flexibility index (Phi) is 9.30. The van der Waals surface area contributed by atoms with Crippen LogP contribution in [0.3, 0.4) is 0 Å². The topological polar surface area (TPSA) is 36.9 Å². The number of alkyl halides is 2. The van der Waals surface area contributed by atoms with Gasteiger partial charge in [-0.05, 0) is 43.9 Å². The number of unbranched alkanes of at least 4 members (excludes halogenated alkanes) is 1. The average molecular weight is 494 g/mol. The summed E-state index contributed by atoms with van der Waals surface area (Å²) in [6.45, 7) is 2.24. The molecule has 2 aliphatic rings. The third-order valence-electron chi connectivity index (χ3n) is 6.04. The predicted octanol–water partition coefficient (Wildman–Crippen LogP) is 7.20. The van der Waals surface area contributed by atoms with Crippen LogP contribution in [0.5, 0.6) is 11.5 Å². The van der Waals surface area contributed by atoms with Gasteiger partial charge in [0, 0.05) is 18.1 Å². The van der Waals surface area contributed by atoms with Crippen molar-refractivity contribution in [1.29, 1.82) is 0 Å². The van der Waals surface area contributed by atoms with E-state index in [1.54, 1.807) is 0 Å². The van der Waals surface area contributed by atoms with Gasteiger partial charge in [0.2, 0.25) is 0 Å². The average Bonchev–Trinajstić information content (AvgIpc) is 2.79. The molecular formula is C24H28F6O4. The molecule has 0 N–H and O–H groups in total. The van der Waals surface area contributed by atoms with E-state index in [1.165, 1.54) is 0 Å². The van der Waals surface area contributed by atoms with E-state index in [1.807, 2.05) is 0 Å². The molecule has 0 aromatic heterocycles. The van der Waals surface area contributed by atoms with Gasteiger partial charge < -0.3 is 18.9 Å². The van der Waals surface area contributed by atoms with Crippen molar-refractivity contribution in [2.75, 3.05) is 13.2 Å². The van der Waals surface area contributed by atoms with Crippen molar-refractivity contribution >= 4 is 0 Å². The number of rotatable bonds is 9. The minimum absolute atomic E-state index is 0.0251. The lowest BCUT2D eigenvalue weighted by Gasteiger charge is -2.38. The molecule has 190 valence electrons. The molecule has 34 heavy (non-hydrogen) atoms. The summed E-state index contributed by atoms with van der Waals surface area (Å²) in [5.74, 6) is -4.20. The molecule has 0 spiro atoms. The van der Waals surface area contributed by atoms with Crippen molar-refractivity contribution in [2.45, 2.75) is 57.8 Å². The third kappa shape index (κ3) is 7.15. The fraction of sp³-hybridized carbons (Fsp3) is 0.583. The molecule has 0 radical (unpaired) electrons. The van der Waals surface area contributed by atoms with Crippen molar-refractivity contribution in [3.63, 3.8) is 0 Å². The molecule has 0 amide bonds. The second kappa shape index (κ2) is 12.0. The Labute approximate surface area is 194 Å². The van der Waals surface area contributed by atoms with Crippen LogP contribution in [0.15, 0.2) is 36.6 Å². The summed E-state index contributed by atoms with van der Waals surface area (Å²) in [6, 6.07) is 0.796. The predicted molar refractivity (Wildman–Crippen MR) is 112 cm³/mol. The quantitative estimate of drug-likeness (QED) is 0.207. The normalized spacial score (nSPS) is 25.9. The van der Waals surface area contributed by atoms with Crippen molar-refractivity contribution in [3.05, 3.63) is 48.3 Å². The molecule has 1 aromatic rings. The molecule has 1 heterocycles. The van der Waals surface area contributed by atoms with Gasteiger partial charge in [-0.3, -0.25) is 0 Å². The first-order valence-electron chi connectivity index (χ1n) is 11.3. The van der Waals surface area contributed by atoms with E-state index >= 15 is 0 Å². The lowest BCUT2D eigenvalue weighted by molar-refractivity contribution is -0.354. The zero-order valence-corrected chi connectivity index (χ0v) is 18.8. The maximum Gasteiger partial charge on any atom is 0.451 e. The molecule has 2 fully saturated rings. The number of allylic oxidation sites excluding steroid dienone is 2. The summed E-state index contributed by atoms with van der Waals surface area (Å²) < 4.78 is 100. The fourth-order valence-corrected chi connectivity index (χ4v) is 4.27. The summed E-state index contributed by atoms with van der Waals surface area (Å²) in [6.07, 6.45) is 2.06. The molecule has 10 heteroatoms. The Hall–Kier alpha value is -2.20. The lowest BCUT2D eigenvalue weighted by Crippen LogP contribution is -2.49. The van der Waals surface area contributed by atoms with Crippen molar-refractivity contribution in [3.8, 4) is 11.5 Å². The van der Waals surface area contributed by atoms with Gasteiger partial charge in [0.05, 0.1) is 13.2 Å². The largest absolute Gasteiger partial charge is 0.453 e. The van der Waals surface area contributed by atoms with Gasteiger partial charge in [0.15, 0.2) is 23.6 Å². The highest BCUT2D eigenvalue weighted by Crippen LogP contribution is 2.38. The lowest BCUT2D eigenvalue weighted by atomic mass is 9.76. The number of hydrogen-bond donors (Lipinski definition) is 0. The third-order valence-corrected chi connectivity index (χ3v) is 6.04. The maximum absolute atomic E-state index is 14.5. The number of benzene rings is 1. The SMILES string of the molecule is CCCC=CC1CCC(C2COC(C(F)(F)Oc3cc(F)c(OC=C(F)F)c(F)c3)OC2)CC1. The van der Waals surface area contributed by atoms with Crippen LogP contribution >= 0.6 is 0 Å². The van der Waals surface area contributed by atoms with Crippen LogP contribution in [0.4, 0.5) is 26.3 Å². The number of hydrogen-bond acceptors (Lipinski definition) is 4. The van der Waals surface area contributed by atoms with Crippen LogP contribution in [0, 0.1) is 29.4 Å². The van der Waals surface area contributed by atoms with Crippen LogP contribution in [-0.2, 0) is 9.47 Å². The first kappa shape index (κ1) is 26.4. The standard InChI is InChI=1S/C24H28F6O4/c1-2-3-4-5-15-6-8-16(9-7-15)17-12-32-23(33-13-17)24(29,30)34-18-10-19(25)22(20(26)11-18)31-14-21(27)28/h4-5,10-11,14-17,23H,2-3,6-9,12-13H2,1H3. The van der Waals surface area contributed by atoms with Gasteiger partial charge in [-0.25, -0.2) is 8.78 Å². The molecule has 1 aromatic carbocycles. The van der Waals surface area contributed by atoms with Crippen LogP contribution in [0.1, 0.15) is 45.4 Å². The second-order valence-electron chi connectivity index (χ2n) is 8.56. The van der Waals surface area contributed by atoms with E-state index in [-0.39, 0.29) is 25.4 Å². The van der Waals surface area contributed by atoms with Gasteiger partial charge in [-0.15, -0.1) is 0 Å². The molecule has 0 unspecified atom stereocenters. The Balaban J connectivity index is 1.52. The summed E-state index contributed by atoms with van der Waals surface area (Å²) in [7, 11) is 0. The summed E-state index contributed by atoms with van der Waals surface area (Å²) in [5.41, 5.74) is 0. The van der Waals surface area contributed by atoms with E-state index in [4.69, 9.17) is 9.47 Å². The molecule has 1 aliphatic heterocycles. The zero-order valence-electron chi connectivity index (χ0n) is 18.8. The number of halogens is 6. The van der Waals surface area contributed by atoms with E-state index in [9.17, 15) is 26.3 Å². The van der Waals surface area contributed by atoms with Crippen molar-refractivity contribution in [2.24, 2.45) is 17.8 Å². The van der Waals surface area contributed by atoms with Gasteiger partial charge in [-0.2, -0.15) is 17.6 Å².